The normalized spacial score (nSPS) is 23.0. The molecule has 3 nitrogen and oxygen atoms in total. The molecule has 0 spiro atoms. The summed E-state index contributed by atoms with van der Waals surface area (Å²) in [5.41, 5.74) is 0.609. The standard InChI is InChI=1S/C16H22FNO2/c1-11-3-6-14(7-4-11)18(2)10-13-9-12(16(19)20)5-8-15(13)17/h5,8-9,11,14H,3-4,6-7,10H2,1-2H3,(H,19,20). The van der Waals surface area contributed by atoms with Crippen LogP contribution < -0.4 is 0 Å². The fraction of sp³-hybridized carbons (Fsp3) is 0.562. The first-order valence-corrected chi connectivity index (χ1v) is 7.19. The fourth-order valence-corrected chi connectivity index (χ4v) is 2.91. The summed E-state index contributed by atoms with van der Waals surface area (Å²) in [6.45, 7) is 2.73. The van der Waals surface area contributed by atoms with Gasteiger partial charge in [0.25, 0.3) is 0 Å². The van der Waals surface area contributed by atoms with Crippen LogP contribution in [-0.2, 0) is 6.54 Å². The van der Waals surface area contributed by atoms with Gasteiger partial charge in [-0.05, 0) is 56.8 Å². The van der Waals surface area contributed by atoms with Gasteiger partial charge >= 0.3 is 5.97 Å². The van der Waals surface area contributed by atoms with E-state index in [1.807, 2.05) is 7.05 Å². The number of nitrogens with zero attached hydrogens (tertiary/aromatic N) is 1. The number of rotatable bonds is 4. The molecule has 1 N–H and O–H groups in total. The van der Waals surface area contributed by atoms with Crippen molar-refractivity contribution in [3.63, 3.8) is 0 Å². The maximum Gasteiger partial charge on any atom is 0.335 e. The minimum atomic E-state index is -1.01. The van der Waals surface area contributed by atoms with Gasteiger partial charge in [0.1, 0.15) is 5.82 Å². The lowest BCUT2D eigenvalue weighted by Gasteiger charge is -2.33. The predicted octanol–water partition coefficient (Wildman–Crippen LogP) is 3.53. The monoisotopic (exact) mass is 279 g/mol. The van der Waals surface area contributed by atoms with E-state index in [1.54, 1.807) is 0 Å². The summed E-state index contributed by atoms with van der Waals surface area (Å²) in [4.78, 5) is 13.1. The van der Waals surface area contributed by atoms with E-state index in [0.29, 0.717) is 18.2 Å². The summed E-state index contributed by atoms with van der Waals surface area (Å²) < 4.78 is 13.8. The second-order valence-corrected chi connectivity index (χ2v) is 5.94. The van der Waals surface area contributed by atoms with Crippen molar-refractivity contribution in [3.05, 3.63) is 35.1 Å². The third-order valence-corrected chi connectivity index (χ3v) is 4.32. The Morgan fingerprint density at radius 2 is 2.00 bits per heavy atom. The summed E-state index contributed by atoms with van der Waals surface area (Å²) in [5.74, 6) is -0.557. The van der Waals surface area contributed by atoms with Gasteiger partial charge in [0, 0.05) is 18.2 Å². The van der Waals surface area contributed by atoms with E-state index in [0.717, 1.165) is 18.8 Å². The highest BCUT2D eigenvalue weighted by Gasteiger charge is 2.22. The van der Waals surface area contributed by atoms with Crippen molar-refractivity contribution in [2.75, 3.05) is 7.05 Å². The number of hydrogen-bond donors (Lipinski definition) is 1. The largest absolute Gasteiger partial charge is 0.478 e. The van der Waals surface area contributed by atoms with Gasteiger partial charge in [-0.1, -0.05) is 6.92 Å². The number of carboxylic acids is 1. The first-order chi connectivity index (χ1) is 9.47. The molecule has 0 aliphatic heterocycles. The van der Waals surface area contributed by atoms with Gasteiger partial charge in [-0.25, -0.2) is 9.18 Å². The van der Waals surface area contributed by atoms with Crippen LogP contribution >= 0.6 is 0 Å². The van der Waals surface area contributed by atoms with Gasteiger partial charge in [0.05, 0.1) is 5.56 Å². The average Bonchev–Trinajstić information content (AvgIpc) is 2.41. The van der Waals surface area contributed by atoms with Crippen LogP contribution in [0.4, 0.5) is 4.39 Å². The van der Waals surface area contributed by atoms with E-state index in [1.165, 1.54) is 31.0 Å². The molecule has 20 heavy (non-hydrogen) atoms. The molecular weight excluding hydrogens is 257 g/mol. The summed E-state index contributed by atoms with van der Waals surface area (Å²) >= 11 is 0. The smallest absolute Gasteiger partial charge is 0.335 e. The van der Waals surface area contributed by atoms with E-state index in [2.05, 4.69) is 11.8 Å². The van der Waals surface area contributed by atoms with Gasteiger partial charge in [0.15, 0.2) is 0 Å². The van der Waals surface area contributed by atoms with Crippen molar-refractivity contribution in [1.82, 2.24) is 4.90 Å². The number of halogens is 1. The number of hydrogen-bond acceptors (Lipinski definition) is 2. The maximum atomic E-state index is 13.8. The van der Waals surface area contributed by atoms with Gasteiger partial charge in [-0.2, -0.15) is 0 Å². The minimum Gasteiger partial charge on any atom is -0.478 e. The predicted molar refractivity (Wildman–Crippen MR) is 76.2 cm³/mol. The van der Waals surface area contributed by atoms with Crippen LogP contribution in [0.1, 0.15) is 48.5 Å². The second-order valence-electron chi connectivity index (χ2n) is 5.94. The zero-order valence-electron chi connectivity index (χ0n) is 12.1. The highest BCUT2D eigenvalue weighted by atomic mass is 19.1. The Bertz CT molecular complexity index is 481. The molecule has 0 saturated heterocycles. The molecule has 0 amide bonds. The molecule has 110 valence electrons. The molecule has 0 atom stereocenters. The van der Waals surface area contributed by atoms with E-state index >= 15 is 0 Å². The Morgan fingerprint density at radius 1 is 1.35 bits per heavy atom. The Kier molecular flexibility index (Phi) is 4.76. The van der Waals surface area contributed by atoms with Gasteiger partial charge in [0.2, 0.25) is 0 Å². The molecule has 4 heteroatoms. The lowest BCUT2D eigenvalue weighted by Crippen LogP contribution is -2.34. The Hall–Kier alpha value is -1.42. The summed E-state index contributed by atoms with van der Waals surface area (Å²) in [5, 5.41) is 8.98. The maximum absolute atomic E-state index is 13.8. The topological polar surface area (TPSA) is 40.5 Å². The number of carboxylic acid groups (broad SMARTS) is 1. The van der Waals surface area contributed by atoms with E-state index in [-0.39, 0.29) is 11.4 Å². The number of aromatic carboxylic acids is 1. The molecule has 1 aliphatic rings. The van der Waals surface area contributed by atoms with Crippen molar-refractivity contribution in [3.8, 4) is 0 Å². The van der Waals surface area contributed by atoms with E-state index in [9.17, 15) is 9.18 Å². The summed E-state index contributed by atoms with van der Waals surface area (Å²) in [6.07, 6.45) is 4.70. The van der Waals surface area contributed by atoms with E-state index < -0.39 is 5.97 Å². The van der Waals surface area contributed by atoms with Crippen molar-refractivity contribution in [2.45, 2.75) is 45.2 Å². The van der Waals surface area contributed by atoms with Crippen molar-refractivity contribution in [2.24, 2.45) is 5.92 Å². The van der Waals surface area contributed by atoms with Crippen LogP contribution in [0.3, 0.4) is 0 Å². The third-order valence-electron chi connectivity index (χ3n) is 4.32. The Labute approximate surface area is 119 Å². The SMILES string of the molecule is CC1CCC(N(C)Cc2cc(C(=O)O)ccc2F)CC1. The van der Waals surface area contributed by atoms with Crippen LogP contribution in [0.2, 0.25) is 0 Å². The van der Waals surface area contributed by atoms with Crippen molar-refractivity contribution < 1.29 is 14.3 Å². The molecule has 0 heterocycles. The van der Waals surface area contributed by atoms with Gasteiger partial charge < -0.3 is 5.11 Å². The van der Waals surface area contributed by atoms with Crippen molar-refractivity contribution >= 4 is 5.97 Å². The zero-order chi connectivity index (χ0) is 14.7. The Balaban J connectivity index is 2.05. The molecule has 1 saturated carbocycles. The van der Waals surface area contributed by atoms with Gasteiger partial charge in [-0.15, -0.1) is 0 Å². The average molecular weight is 279 g/mol. The van der Waals surface area contributed by atoms with Crippen molar-refractivity contribution in [1.29, 1.82) is 0 Å². The molecule has 1 aromatic carbocycles. The molecule has 0 bridgehead atoms. The van der Waals surface area contributed by atoms with Crippen LogP contribution in [0.25, 0.3) is 0 Å². The summed E-state index contributed by atoms with van der Waals surface area (Å²) in [6, 6.07) is 4.47. The molecule has 1 aromatic rings. The third kappa shape index (κ3) is 3.57. The number of benzene rings is 1. The molecule has 0 unspecified atom stereocenters. The fourth-order valence-electron chi connectivity index (χ4n) is 2.91. The molecular formula is C16H22FNO2. The highest BCUT2D eigenvalue weighted by molar-refractivity contribution is 5.87. The number of carbonyl (C=O) groups is 1. The van der Waals surface area contributed by atoms with Crippen LogP contribution in [0.5, 0.6) is 0 Å². The van der Waals surface area contributed by atoms with E-state index in [4.69, 9.17) is 5.11 Å². The minimum absolute atomic E-state index is 0.145. The van der Waals surface area contributed by atoms with Gasteiger partial charge in [-0.3, -0.25) is 4.90 Å². The molecule has 2 rings (SSSR count). The second kappa shape index (κ2) is 6.35. The molecule has 0 aromatic heterocycles. The van der Waals surface area contributed by atoms with Crippen LogP contribution in [-0.4, -0.2) is 29.1 Å². The lowest BCUT2D eigenvalue weighted by atomic mass is 9.86. The molecule has 0 radical (unpaired) electrons. The molecule has 1 aliphatic carbocycles. The first kappa shape index (κ1) is 15.0. The molecule has 1 fully saturated rings. The quantitative estimate of drug-likeness (QED) is 0.916. The van der Waals surface area contributed by atoms with Crippen LogP contribution in [0, 0.1) is 11.7 Å². The Morgan fingerprint density at radius 3 is 2.60 bits per heavy atom. The summed E-state index contributed by atoms with van der Waals surface area (Å²) in [7, 11) is 1.99. The first-order valence-electron chi connectivity index (χ1n) is 7.19. The highest BCUT2D eigenvalue weighted by Crippen LogP contribution is 2.27. The zero-order valence-corrected chi connectivity index (χ0v) is 12.1. The lowest BCUT2D eigenvalue weighted by molar-refractivity contribution is 0.0696. The van der Waals surface area contributed by atoms with Crippen LogP contribution in [0.15, 0.2) is 18.2 Å².